The number of nitrogens with zero attached hydrogens (tertiary/aromatic N) is 5. The Morgan fingerprint density at radius 3 is 2.21 bits per heavy atom. The van der Waals surface area contributed by atoms with Crippen LogP contribution in [0.1, 0.15) is 97.6 Å². The summed E-state index contributed by atoms with van der Waals surface area (Å²) < 4.78 is 50.5. The molecule has 3 saturated heterocycles. The van der Waals surface area contributed by atoms with Gasteiger partial charge >= 0.3 is 20.2 Å². The number of fused-ring (bicyclic) bond motifs is 1. The van der Waals surface area contributed by atoms with Gasteiger partial charge in [0, 0.05) is 50.4 Å². The number of aliphatic hydroxyl groups excluding tert-OH is 1. The molecule has 3 aliphatic heterocycles. The number of nitriles is 2. The molecule has 3 heterocycles. The second kappa shape index (κ2) is 29.4. The highest BCUT2D eigenvalue weighted by Crippen LogP contribution is 2.34. The molecule has 73 heavy (non-hydrogen) atoms. The Morgan fingerprint density at radius 1 is 0.945 bits per heavy atom. The van der Waals surface area contributed by atoms with Crippen LogP contribution in [-0.4, -0.2) is 128 Å². The zero-order chi connectivity index (χ0) is 53.8. The summed E-state index contributed by atoms with van der Waals surface area (Å²) in [4.78, 5) is 16.8. The van der Waals surface area contributed by atoms with Crippen LogP contribution in [0.4, 0.5) is 16.2 Å². The first-order chi connectivity index (χ1) is 34.5. The lowest BCUT2D eigenvalue weighted by atomic mass is 9.85. The zero-order valence-corrected chi connectivity index (χ0v) is 45.9. The average molecular weight is 1030 g/mol. The fraction of sp³-hybridized carbons (Fsp3) is 0.611. The third kappa shape index (κ3) is 20.9. The number of alkyl carbamates (subject to hydrolysis) is 1. The Kier molecular flexibility index (Phi) is 24.5. The van der Waals surface area contributed by atoms with Gasteiger partial charge in [-0.25, -0.2) is 13.2 Å². The number of anilines is 2. The first kappa shape index (κ1) is 60.9. The van der Waals surface area contributed by atoms with Crippen molar-refractivity contribution in [1.82, 2.24) is 14.9 Å². The maximum Gasteiger partial charge on any atom is 0.440 e. The number of hydrogen-bond donors (Lipinski definition) is 4. The number of benzene rings is 3. The van der Waals surface area contributed by atoms with Crippen molar-refractivity contribution in [3.63, 3.8) is 0 Å². The smallest absolute Gasteiger partial charge is 0.440 e. The second-order valence-electron chi connectivity index (χ2n) is 21.6. The Morgan fingerprint density at radius 2 is 1.59 bits per heavy atom. The predicted molar refractivity (Wildman–Crippen MR) is 290 cm³/mol. The molecule has 3 aromatic carbocycles. The van der Waals surface area contributed by atoms with Crippen LogP contribution in [0.25, 0.3) is 0 Å². The van der Waals surface area contributed by atoms with E-state index in [-0.39, 0.29) is 42.1 Å². The van der Waals surface area contributed by atoms with Gasteiger partial charge in [0.1, 0.15) is 6.10 Å². The fourth-order valence-electron chi connectivity index (χ4n) is 8.82. The van der Waals surface area contributed by atoms with Crippen molar-refractivity contribution in [2.45, 2.75) is 136 Å². The lowest BCUT2D eigenvalue weighted by Crippen LogP contribution is -2.50. The standard InChI is InChI=1S/C25H37N3O5.C20H32BN3O3S.C9H14BNO/c1-25(2,11-6-7-12-26)17-27-15-21(29)20(14-18-8-4-3-5-9-18)28-24(30)33-22-16-32-23-19(22)10-13-31-23;1-17(2)14-24(15-20(3,4)11-6-7-12-22)28(25,26)19-10-8-9-18(13-19)23(5)21-16-27-21;1-8-5-4-6-9(7-8)11(3)10(2)12/h3-5,8-9,19-23,27,29H,6-7,10-11,13-17H2,1-2H3,(H,28,30);8-10,13,17H,6-7,11,14-16H2,1-5H3;4-7,12H,1-3H3/t19?,20-,21?,22?,23?;;/m0../s1. The topological polar surface area (TPSA) is 213 Å². The largest absolute Gasteiger partial charge is 0.443 e. The SMILES string of the molecule is CB(O)N(C)c1cccc(C)c1.CC(C)(CCCC#N)CNCC(O)[C@H](Cc1ccccc1)NC(=O)OC1COC2OCCC12.CC(C)CN(CC(C)(C)CCCC#N)S(=O)(=O)c1cccc(N(C)B2CO2)c1. The summed E-state index contributed by atoms with van der Waals surface area (Å²) in [5.41, 5.74) is 3.92. The number of hydrogen-bond acceptors (Lipinski definition) is 14. The van der Waals surface area contributed by atoms with Crippen molar-refractivity contribution in [2.75, 3.05) is 69.6 Å². The Labute approximate surface area is 438 Å². The van der Waals surface area contributed by atoms with E-state index in [1.54, 1.807) is 29.3 Å². The highest BCUT2D eigenvalue weighted by Gasteiger charge is 2.44. The molecule has 16 nitrogen and oxygen atoms in total. The molecule has 400 valence electrons. The van der Waals surface area contributed by atoms with Gasteiger partial charge in [0.2, 0.25) is 10.0 Å². The van der Waals surface area contributed by atoms with Crippen LogP contribution in [-0.2, 0) is 35.3 Å². The van der Waals surface area contributed by atoms with Crippen molar-refractivity contribution in [1.29, 1.82) is 10.5 Å². The summed E-state index contributed by atoms with van der Waals surface area (Å²) in [6, 6.07) is 28.8. The van der Waals surface area contributed by atoms with Crippen LogP contribution in [0.2, 0.25) is 6.82 Å². The Balaban J connectivity index is 0.000000261. The van der Waals surface area contributed by atoms with Gasteiger partial charge in [-0.05, 0) is 125 Å². The van der Waals surface area contributed by atoms with Gasteiger partial charge in [-0.3, -0.25) is 0 Å². The quantitative estimate of drug-likeness (QED) is 0.0362. The minimum atomic E-state index is -3.62. The summed E-state index contributed by atoms with van der Waals surface area (Å²) in [5.74, 6) is 0.286. The molecule has 0 spiro atoms. The van der Waals surface area contributed by atoms with Gasteiger partial charge in [-0.1, -0.05) is 90.1 Å². The highest BCUT2D eigenvalue weighted by atomic mass is 32.2. The molecular weight excluding hydrogens is 944 g/mol. The van der Waals surface area contributed by atoms with Crippen LogP contribution in [0.3, 0.4) is 0 Å². The molecule has 1 amide bonds. The summed E-state index contributed by atoms with van der Waals surface area (Å²) in [7, 11) is -0.243. The maximum atomic E-state index is 13.5. The van der Waals surface area contributed by atoms with Gasteiger partial charge < -0.3 is 49.3 Å². The lowest BCUT2D eigenvalue weighted by Gasteiger charge is -2.33. The van der Waals surface area contributed by atoms with E-state index < -0.39 is 35.3 Å². The minimum absolute atomic E-state index is 0.0141. The minimum Gasteiger partial charge on any atom is -0.443 e. The molecule has 3 fully saturated rings. The summed E-state index contributed by atoms with van der Waals surface area (Å²) in [6.45, 7) is 19.8. The Bertz CT molecular complexity index is 2330. The number of sulfonamides is 1. The van der Waals surface area contributed by atoms with E-state index in [0.29, 0.717) is 70.1 Å². The summed E-state index contributed by atoms with van der Waals surface area (Å²) >= 11 is 0. The van der Waals surface area contributed by atoms with Crippen molar-refractivity contribution >= 4 is 41.6 Å². The van der Waals surface area contributed by atoms with Crippen LogP contribution in [0.15, 0.2) is 83.8 Å². The zero-order valence-electron chi connectivity index (χ0n) is 45.1. The highest BCUT2D eigenvalue weighted by molar-refractivity contribution is 7.89. The first-order valence-electron chi connectivity index (χ1n) is 25.8. The first-order valence-corrected chi connectivity index (χ1v) is 27.3. The van der Waals surface area contributed by atoms with Crippen molar-refractivity contribution in [3.05, 3.63) is 90.0 Å². The molecular formula is C54H83B2N7O9S. The van der Waals surface area contributed by atoms with Crippen molar-refractivity contribution in [2.24, 2.45) is 22.7 Å². The number of aliphatic hydroxyl groups is 1. The van der Waals surface area contributed by atoms with Crippen LogP contribution < -0.4 is 20.3 Å². The maximum absolute atomic E-state index is 13.5. The second-order valence-corrected chi connectivity index (χ2v) is 23.6. The van der Waals surface area contributed by atoms with Crippen LogP contribution >= 0.6 is 0 Å². The molecule has 3 aliphatic rings. The van der Waals surface area contributed by atoms with E-state index in [2.05, 4.69) is 50.5 Å². The number of unbranched alkanes of at least 4 members (excludes halogenated alkanes) is 2. The van der Waals surface area contributed by atoms with Gasteiger partial charge in [-0.15, -0.1) is 0 Å². The lowest BCUT2D eigenvalue weighted by molar-refractivity contribution is -0.0907. The van der Waals surface area contributed by atoms with Crippen LogP contribution in [0, 0.1) is 52.3 Å². The molecule has 0 radical (unpaired) electrons. The van der Waals surface area contributed by atoms with E-state index in [1.165, 1.54) is 5.56 Å². The third-order valence-corrected chi connectivity index (χ3v) is 15.1. The predicted octanol–water partition coefficient (Wildman–Crippen LogP) is 7.84. The van der Waals surface area contributed by atoms with Gasteiger partial charge in [-0.2, -0.15) is 14.8 Å². The molecule has 5 atom stereocenters. The number of rotatable bonds is 25. The molecule has 0 saturated carbocycles. The number of carbonyl (C=O) groups is 1. The Hall–Kier alpha value is -4.69. The van der Waals surface area contributed by atoms with Crippen molar-refractivity contribution < 1.29 is 42.2 Å². The number of nitrogens with one attached hydrogen (secondary N) is 2. The van der Waals surface area contributed by atoms with Gasteiger partial charge in [0.05, 0.1) is 54.8 Å². The molecule has 3 aromatic rings. The van der Waals surface area contributed by atoms with E-state index in [4.69, 9.17) is 29.4 Å². The van der Waals surface area contributed by atoms with Crippen LogP contribution in [0.5, 0.6) is 0 Å². The number of ether oxygens (including phenoxy) is 3. The monoisotopic (exact) mass is 1030 g/mol. The molecule has 19 heteroatoms. The van der Waals surface area contributed by atoms with E-state index in [9.17, 15) is 23.3 Å². The van der Waals surface area contributed by atoms with E-state index in [1.807, 2.05) is 105 Å². The number of carbonyl (C=O) groups excluding carboxylic acids is 1. The molecule has 0 aromatic heterocycles. The normalized spacial score (nSPS) is 18.0. The number of amides is 1. The van der Waals surface area contributed by atoms with Gasteiger partial charge in [0.25, 0.3) is 0 Å². The van der Waals surface area contributed by atoms with Gasteiger partial charge in [0.15, 0.2) is 6.29 Å². The summed E-state index contributed by atoms with van der Waals surface area (Å²) in [6.07, 6.45) is 3.76. The van der Waals surface area contributed by atoms with E-state index >= 15 is 0 Å². The fourth-order valence-corrected chi connectivity index (χ4v) is 10.7. The van der Waals surface area contributed by atoms with Crippen molar-refractivity contribution in [3.8, 4) is 12.1 Å². The van der Waals surface area contributed by atoms with E-state index in [0.717, 1.165) is 49.0 Å². The molecule has 0 aliphatic carbocycles. The number of aryl methyl sites for hydroxylation is 1. The summed E-state index contributed by atoms with van der Waals surface area (Å²) in [5, 5.41) is 44.0. The molecule has 6 rings (SSSR count). The molecule has 4 N–H and O–H groups in total. The average Bonchev–Trinajstić information content (AvgIpc) is 3.97. The molecule has 0 bridgehead atoms. The molecule has 4 unspecified atom stereocenters. The third-order valence-electron chi connectivity index (χ3n) is 13.3.